The molecule has 0 aliphatic carbocycles. The fourth-order valence-electron chi connectivity index (χ4n) is 2.10. The van der Waals surface area contributed by atoms with Crippen LogP contribution in [0.4, 0.5) is 0 Å². The van der Waals surface area contributed by atoms with Crippen LogP contribution in [0.25, 0.3) is 5.65 Å². The van der Waals surface area contributed by atoms with Gasteiger partial charge in [-0.05, 0) is 18.9 Å². The standard InChI is InChI=1S/C12H13ClN4O2/c13-9-10(16-17-5-2-4-14-11(9)17)12(18)15-7-8-3-1-6-19-8/h2,4-5,8H,1,3,6-7H2,(H,15,18)/t8-/m1/s1. The van der Waals surface area contributed by atoms with Gasteiger partial charge in [0.25, 0.3) is 5.91 Å². The molecule has 2 aromatic rings. The minimum Gasteiger partial charge on any atom is -0.376 e. The van der Waals surface area contributed by atoms with Crippen LogP contribution in [0, 0.1) is 0 Å². The maximum absolute atomic E-state index is 12.0. The van der Waals surface area contributed by atoms with Gasteiger partial charge in [0.05, 0.1) is 6.10 Å². The van der Waals surface area contributed by atoms with Crippen LogP contribution in [0.1, 0.15) is 23.3 Å². The molecule has 0 saturated carbocycles. The number of carbonyl (C=O) groups excluding carboxylic acids is 1. The molecule has 1 saturated heterocycles. The highest BCUT2D eigenvalue weighted by atomic mass is 35.5. The first kappa shape index (κ1) is 12.4. The molecule has 6 nitrogen and oxygen atoms in total. The Kier molecular flexibility index (Phi) is 3.35. The molecular formula is C12H13ClN4O2. The number of nitrogens with zero attached hydrogens (tertiary/aromatic N) is 3. The van der Waals surface area contributed by atoms with Crippen molar-refractivity contribution < 1.29 is 9.53 Å². The highest BCUT2D eigenvalue weighted by Gasteiger charge is 2.21. The first-order valence-electron chi connectivity index (χ1n) is 6.14. The van der Waals surface area contributed by atoms with Gasteiger partial charge in [-0.2, -0.15) is 5.10 Å². The van der Waals surface area contributed by atoms with Gasteiger partial charge in [0.15, 0.2) is 11.3 Å². The van der Waals surface area contributed by atoms with Crippen molar-refractivity contribution in [3.8, 4) is 0 Å². The Hall–Kier alpha value is -1.66. The Morgan fingerprint density at radius 1 is 1.63 bits per heavy atom. The molecule has 1 amide bonds. The SMILES string of the molecule is O=C(NC[C@H]1CCCO1)c1nn2cccnc2c1Cl. The van der Waals surface area contributed by atoms with E-state index in [4.69, 9.17) is 16.3 Å². The van der Waals surface area contributed by atoms with Gasteiger partial charge in [0.2, 0.25) is 0 Å². The number of amides is 1. The van der Waals surface area contributed by atoms with Crippen molar-refractivity contribution in [1.82, 2.24) is 19.9 Å². The molecule has 0 bridgehead atoms. The molecule has 0 radical (unpaired) electrons. The molecule has 2 aromatic heterocycles. The Balaban J connectivity index is 1.75. The lowest BCUT2D eigenvalue weighted by Gasteiger charge is -2.09. The second-order valence-electron chi connectivity index (χ2n) is 4.40. The van der Waals surface area contributed by atoms with Crippen molar-refractivity contribution in [1.29, 1.82) is 0 Å². The lowest BCUT2D eigenvalue weighted by molar-refractivity contribution is 0.0853. The Morgan fingerprint density at radius 3 is 3.26 bits per heavy atom. The van der Waals surface area contributed by atoms with E-state index in [9.17, 15) is 4.79 Å². The quantitative estimate of drug-likeness (QED) is 0.920. The number of halogens is 1. The van der Waals surface area contributed by atoms with Gasteiger partial charge in [-0.3, -0.25) is 4.79 Å². The van der Waals surface area contributed by atoms with Crippen LogP contribution in [0.15, 0.2) is 18.5 Å². The van der Waals surface area contributed by atoms with Gasteiger partial charge in [0, 0.05) is 25.5 Å². The summed E-state index contributed by atoms with van der Waals surface area (Å²) >= 11 is 6.11. The molecular weight excluding hydrogens is 268 g/mol. The zero-order valence-electron chi connectivity index (χ0n) is 10.2. The first-order valence-corrected chi connectivity index (χ1v) is 6.52. The van der Waals surface area contributed by atoms with Crippen LogP contribution in [-0.2, 0) is 4.74 Å². The molecule has 0 unspecified atom stereocenters. The second kappa shape index (κ2) is 5.14. The van der Waals surface area contributed by atoms with Gasteiger partial charge in [-0.1, -0.05) is 11.6 Å². The average molecular weight is 281 g/mol. The summed E-state index contributed by atoms with van der Waals surface area (Å²) in [6, 6.07) is 1.73. The van der Waals surface area contributed by atoms with Gasteiger partial charge >= 0.3 is 0 Å². The third kappa shape index (κ3) is 2.41. The van der Waals surface area contributed by atoms with E-state index in [0.717, 1.165) is 19.4 Å². The summed E-state index contributed by atoms with van der Waals surface area (Å²) in [5.41, 5.74) is 0.671. The maximum atomic E-state index is 12.0. The summed E-state index contributed by atoms with van der Waals surface area (Å²) < 4.78 is 6.93. The number of rotatable bonds is 3. The number of nitrogens with one attached hydrogen (secondary N) is 1. The van der Waals surface area contributed by atoms with Crippen LogP contribution < -0.4 is 5.32 Å². The van der Waals surface area contributed by atoms with E-state index in [2.05, 4.69) is 15.4 Å². The largest absolute Gasteiger partial charge is 0.376 e. The lowest BCUT2D eigenvalue weighted by atomic mass is 10.2. The van der Waals surface area contributed by atoms with Crippen LogP contribution in [0.3, 0.4) is 0 Å². The molecule has 100 valence electrons. The number of fused-ring (bicyclic) bond motifs is 1. The van der Waals surface area contributed by atoms with Gasteiger partial charge in [-0.25, -0.2) is 9.50 Å². The maximum Gasteiger partial charge on any atom is 0.273 e. The van der Waals surface area contributed by atoms with E-state index < -0.39 is 0 Å². The molecule has 3 heterocycles. The molecule has 7 heteroatoms. The number of hydrogen-bond donors (Lipinski definition) is 1. The number of ether oxygens (including phenoxy) is 1. The van der Waals surface area contributed by atoms with Crippen LogP contribution in [0.2, 0.25) is 5.02 Å². The summed E-state index contributed by atoms with van der Waals surface area (Å²) in [6.07, 6.45) is 5.42. The minimum absolute atomic E-state index is 0.0953. The topological polar surface area (TPSA) is 68.5 Å². The van der Waals surface area contributed by atoms with Crippen molar-refractivity contribution >= 4 is 23.2 Å². The molecule has 1 N–H and O–H groups in total. The highest BCUT2D eigenvalue weighted by Crippen LogP contribution is 2.19. The molecule has 0 spiro atoms. The van der Waals surface area contributed by atoms with E-state index in [-0.39, 0.29) is 22.7 Å². The molecule has 0 aromatic carbocycles. The fourth-order valence-corrected chi connectivity index (χ4v) is 2.36. The molecule has 1 aliphatic rings. The summed E-state index contributed by atoms with van der Waals surface area (Å²) in [7, 11) is 0. The van der Waals surface area contributed by atoms with Crippen molar-refractivity contribution in [3.05, 3.63) is 29.2 Å². The van der Waals surface area contributed by atoms with E-state index >= 15 is 0 Å². The Bertz CT molecular complexity index is 607. The summed E-state index contributed by atoms with van der Waals surface area (Å²) in [4.78, 5) is 16.1. The van der Waals surface area contributed by atoms with Crippen LogP contribution in [0.5, 0.6) is 0 Å². The molecule has 1 atom stereocenters. The average Bonchev–Trinajstić information content (AvgIpc) is 3.05. The zero-order valence-corrected chi connectivity index (χ0v) is 10.9. The van der Waals surface area contributed by atoms with Crippen LogP contribution >= 0.6 is 11.6 Å². The number of hydrogen-bond acceptors (Lipinski definition) is 4. The van der Waals surface area contributed by atoms with Gasteiger partial charge in [-0.15, -0.1) is 0 Å². The van der Waals surface area contributed by atoms with Crippen molar-refractivity contribution in [2.75, 3.05) is 13.2 Å². The van der Waals surface area contributed by atoms with E-state index in [1.54, 1.807) is 18.5 Å². The smallest absolute Gasteiger partial charge is 0.273 e. The molecule has 19 heavy (non-hydrogen) atoms. The third-order valence-corrected chi connectivity index (χ3v) is 3.42. The lowest BCUT2D eigenvalue weighted by Crippen LogP contribution is -2.32. The molecule has 1 aliphatic heterocycles. The zero-order chi connectivity index (χ0) is 13.2. The van der Waals surface area contributed by atoms with E-state index in [1.807, 2.05) is 0 Å². The monoisotopic (exact) mass is 280 g/mol. The highest BCUT2D eigenvalue weighted by molar-refractivity contribution is 6.36. The van der Waals surface area contributed by atoms with E-state index in [1.165, 1.54) is 4.52 Å². The Morgan fingerprint density at radius 2 is 2.53 bits per heavy atom. The Labute approximate surface area is 114 Å². The first-order chi connectivity index (χ1) is 9.25. The number of carbonyl (C=O) groups is 1. The predicted octanol–water partition coefficient (Wildman–Crippen LogP) is 1.29. The molecule has 1 fully saturated rings. The minimum atomic E-state index is -0.300. The van der Waals surface area contributed by atoms with Crippen molar-refractivity contribution in [3.63, 3.8) is 0 Å². The summed E-state index contributed by atoms with van der Waals surface area (Å²) in [5.74, 6) is -0.300. The molecule has 3 rings (SSSR count). The normalized spacial score (nSPS) is 18.9. The van der Waals surface area contributed by atoms with Crippen molar-refractivity contribution in [2.24, 2.45) is 0 Å². The summed E-state index contributed by atoms with van der Waals surface area (Å²) in [5, 5.41) is 7.19. The van der Waals surface area contributed by atoms with E-state index in [0.29, 0.717) is 12.2 Å². The van der Waals surface area contributed by atoms with Gasteiger partial charge in [0.1, 0.15) is 5.02 Å². The van der Waals surface area contributed by atoms with Crippen LogP contribution in [-0.4, -0.2) is 39.8 Å². The van der Waals surface area contributed by atoms with Crippen molar-refractivity contribution in [2.45, 2.75) is 18.9 Å². The predicted molar refractivity (Wildman–Crippen MR) is 69.3 cm³/mol. The van der Waals surface area contributed by atoms with Gasteiger partial charge < -0.3 is 10.1 Å². The number of aromatic nitrogens is 3. The second-order valence-corrected chi connectivity index (χ2v) is 4.77. The fraction of sp³-hybridized carbons (Fsp3) is 0.417. The summed E-state index contributed by atoms with van der Waals surface area (Å²) in [6.45, 7) is 1.25. The third-order valence-electron chi connectivity index (χ3n) is 3.07.